The van der Waals surface area contributed by atoms with E-state index in [4.69, 9.17) is 19.9 Å². The molecule has 0 amide bonds. The van der Waals surface area contributed by atoms with Crippen LogP contribution in [-0.2, 0) is 44.2 Å². The molecule has 1 N–H and O–H groups in total. The molecule has 2 aliphatic rings. The molecule has 0 aliphatic carbocycles. The molecule has 3 aromatic rings. The van der Waals surface area contributed by atoms with E-state index in [1.54, 1.807) is 0 Å². The number of aromatic nitrogens is 4. The fourth-order valence-electron chi connectivity index (χ4n) is 6.92. The second kappa shape index (κ2) is 14.1. The number of allylic oxidation sites excluding steroid dienone is 4. The SMILES string of the molecule is CCC1=C(CC)c2cc3[n-]c(cc4[n-]c(cc5nc(cc1n2)C(CC)=C5CC)c(CC)c4CC)c(CC)c3CC.[OH-].[V]. The van der Waals surface area contributed by atoms with Crippen LogP contribution in [0.5, 0.6) is 0 Å². The molecule has 8 bridgehead atoms. The first-order valence-electron chi connectivity index (χ1n) is 15.6. The van der Waals surface area contributed by atoms with Crippen molar-refractivity contribution in [2.75, 3.05) is 0 Å². The van der Waals surface area contributed by atoms with Gasteiger partial charge in [0, 0.05) is 18.6 Å². The van der Waals surface area contributed by atoms with Crippen molar-refractivity contribution in [3.63, 3.8) is 0 Å². The van der Waals surface area contributed by atoms with Crippen LogP contribution in [0.3, 0.4) is 0 Å². The Labute approximate surface area is 263 Å². The van der Waals surface area contributed by atoms with Gasteiger partial charge >= 0.3 is 0 Å². The van der Waals surface area contributed by atoms with E-state index in [-0.39, 0.29) is 24.0 Å². The minimum absolute atomic E-state index is 0. The largest absolute Gasteiger partial charge is 0.870 e. The average Bonchev–Trinajstić information content (AvgIpc) is 3.67. The molecule has 1 radical (unpaired) electrons. The molecule has 5 nitrogen and oxygen atoms in total. The topological polar surface area (TPSA) is 84.0 Å². The maximum absolute atomic E-state index is 5.25. The molecule has 5 heterocycles. The Morgan fingerprint density at radius 1 is 0.405 bits per heavy atom. The Morgan fingerprint density at radius 2 is 0.667 bits per heavy atom. The molecule has 0 unspecified atom stereocenters. The first-order chi connectivity index (χ1) is 19.5. The van der Waals surface area contributed by atoms with Crippen molar-refractivity contribution in [1.82, 2.24) is 19.9 Å². The van der Waals surface area contributed by atoms with E-state index in [1.165, 1.54) is 44.5 Å². The van der Waals surface area contributed by atoms with Gasteiger partial charge in [-0.15, -0.1) is 22.1 Å². The summed E-state index contributed by atoms with van der Waals surface area (Å²) in [7, 11) is 0. The quantitative estimate of drug-likeness (QED) is 0.257. The van der Waals surface area contributed by atoms with Crippen LogP contribution in [0.4, 0.5) is 0 Å². The fourth-order valence-corrected chi connectivity index (χ4v) is 6.92. The third kappa shape index (κ3) is 5.59. The molecule has 3 aromatic heterocycles. The minimum atomic E-state index is 0. The summed E-state index contributed by atoms with van der Waals surface area (Å²) in [6.07, 6.45) is 7.60. The second-order valence-electron chi connectivity index (χ2n) is 10.8. The summed E-state index contributed by atoms with van der Waals surface area (Å²) in [5.41, 5.74) is 19.1. The van der Waals surface area contributed by atoms with E-state index in [0.717, 1.165) is 96.2 Å². The molecule has 42 heavy (non-hydrogen) atoms. The Kier molecular flexibility index (Phi) is 11.3. The maximum Gasteiger partial charge on any atom is 0.0694 e. The van der Waals surface area contributed by atoms with Crippen molar-refractivity contribution in [2.24, 2.45) is 0 Å². The van der Waals surface area contributed by atoms with Gasteiger partial charge in [0.25, 0.3) is 0 Å². The van der Waals surface area contributed by atoms with E-state index in [9.17, 15) is 0 Å². The smallest absolute Gasteiger partial charge is 0.0694 e. The first-order valence-corrected chi connectivity index (χ1v) is 15.6. The van der Waals surface area contributed by atoms with Gasteiger partial charge in [0.05, 0.1) is 22.8 Å². The van der Waals surface area contributed by atoms with E-state index in [2.05, 4.69) is 79.7 Å². The Morgan fingerprint density at radius 3 is 0.929 bits per heavy atom. The molecule has 2 aliphatic heterocycles. The van der Waals surface area contributed by atoms with Gasteiger partial charge in [-0.2, -0.15) is 0 Å². The summed E-state index contributed by atoms with van der Waals surface area (Å²) in [6, 6.07) is 8.98. The van der Waals surface area contributed by atoms with Crippen molar-refractivity contribution < 1.29 is 24.0 Å². The molecule has 223 valence electrons. The summed E-state index contributed by atoms with van der Waals surface area (Å²) in [6.45, 7) is 17.9. The van der Waals surface area contributed by atoms with E-state index in [0.29, 0.717) is 0 Å². The van der Waals surface area contributed by atoms with Crippen LogP contribution in [0.15, 0.2) is 24.3 Å². The molecule has 0 saturated heterocycles. The molecule has 0 spiro atoms. The van der Waals surface area contributed by atoms with Crippen molar-refractivity contribution in [2.45, 2.75) is 107 Å². The van der Waals surface area contributed by atoms with Crippen LogP contribution in [-0.4, -0.2) is 15.4 Å². The van der Waals surface area contributed by atoms with Crippen LogP contribution >= 0.6 is 0 Å². The summed E-state index contributed by atoms with van der Waals surface area (Å²) in [5.74, 6) is 0. The zero-order valence-corrected chi connectivity index (χ0v) is 28.0. The Bertz CT molecular complexity index is 1570. The normalized spacial score (nSPS) is 13.0. The molecule has 0 atom stereocenters. The van der Waals surface area contributed by atoms with Crippen molar-refractivity contribution in [3.8, 4) is 0 Å². The number of nitrogens with zero attached hydrogens (tertiary/aromatic N) is 4. The molecule has 0 fully saturated rings. The molecule has 5 rings (SSSR count). The van der Waals surface area contributed by atoms with Gasteiger partial charge in [0.15, 0.2) is 0 Å². The zero-order valence-electron chi connectivity index (χ0n) is 26.6. The maximum atomic E-state index is 5.25. The summed E-state index contributed by atoms with van der Waals surface area (Å²) in [5, 5.41) is 0. The molecule has 0 aromatic carbocycles. The van der Waals surface area contributed by atoms with Gasteiger partial charge in [0.1, 0.15) is 0 Å². The number of aryl methyl sites for hydroxylation is 4. The van der Waals surface area contributed by atoms with E-state index < -0.39 is 0 Å². The molecule has 6 heteroatoms. The van der Waals surface area contributed by atoms with Crippen molar-refractivity contribution in [3.05, 3.63) is 69.3 Å². The third-order valence-electron chi connectivity index (χ3n) is 8.82. The van der Waals surface area contributed by atoms with Crippen LogP contribution in [0.25, 0.3) is 44.4 Å². The van der Waals surface area contributed by atoms with Gasteiger partial charge in [-0.3, -0.25) is 0 Å². The number of hydrogen-bond acceptors (Lipinski definition) is 3. The van der Waals surface area contributed by atoms with Crippen LogP contribution in [0.2, 0.25) is 0 Å². The molecular weight excluding hydrogens is 555 g/mol. The second-order valence-corrected chi connectivity index (χ2v) is 10.8. The average molecular weight is 601 g/mol. The number of rotatable bonds is 8. The standard InChI is InChI=1S/C36H44N4.H2O.V/c1-9-21-22(10-2)30-18-32-25(13-5)26(14-6)34(39-32)20-36-28(16-8)27(15-7)35(40-36)19-33-24(12-4)23(11-3)31(38-33)17-29(21)37-30;;/h17-20H,9-16H2,1-8H3;1H2;/q-2;;/p-1. The van der Waals surface area contributed by atoms with Gasteiger partial charge in [-0.25, -0.2) is 9.97 Å². The Balaban J connectivity index is 0.00000242. The predicted octanol–water partition coefficient (Wildman–Crippen LogP) is 9.10. The van der Waals surface area contributed by atoms with Crippen LogP contribution < -0.4 is 9.97 Å². The predicted molar refractivity (Wildman–Crippen MR) is 173 cm³/mol. The van der Waals surface area contributed by atoms with E-state index >= 15 is 0 Å². The Hall–Kier alpha value is -2.86. The summed E-state index contributed by atoms with van der Waals surface area (Å²) < 4.78 is 0. The van der Waals surface area contributed by atoms with Crippen LogP contribution in [0.1, 0.15) is 126 Å². The third-order valence-corrected chi connectivity index (χ3v) is 8.82. The van der Waals surface area contributed by atoms with Crippen molar-refractivity contribution >= 4 is 44.4 Å². The molecule has 0 saturated carbocycles. The van der Waals surface area contributed by atoms with Crippen molar-refractivity contribution in [1.29, 1.82) is 0 Å². The van der Waals surface area contributed by atoms with Gasteiger partial charge in [-0.05, 0) is 79.7 Å². The minimum Gasteiger partial charge on any atom is -0.870 e. The van der Waals surface area contributed by atoms with Gasteiger partial charge < -0.3 is 15.4 Å². The van der Waals surface area contributed by atoms with Gasteiger partial charge in [0.2, 0.25) is 0 Å². The van der Waals surface area contributed by atoms with E-state index in [1.807, 2.05) is 0 Å². The van der Waals surface area contributed by atoms with Gasteiger partial charge in [-0.1, -0.05) is 95.8 Å². The first kappa shape index (κ1) is 33.6. The summed E-state index contributed by atoms with van der Waals surface area (Å²) in [4.78, 5) is 21.0. The number of fused-ring (bicyclic) bond motifs is 8. The number of hydrogen-bond donors (Lipinski definition) is 0. The summed E-state index contributed by atoms with van der Waals surface area (Å²) >= 11 is 0. The fraction of sp³-hybridized carbons (Fsp3) is 0.444. The van der Waals surface area contributed by atoms with Crippen LogP contribution in [0, 0.1) is 0 Å². The molecular formula is C36H45N4OV-3. The monoisotopic (exact) mass is 600 g/mol. The zero-order chi connectivity index (χ0) is 28.6.